The summed E-state index contributed by atoms with van der Waals surface area (Å²) < 4.78 is 68.1. The first-order valence-corrected chi connectivity index (χ1v) is 12.4. The van der Waals surface area contributed by atoms with Crippen LogP contribution in [0.15, 0.2) is 0 Å². The Balaban J connectivity index is 4.14. The zero-order chi connectivity index (χ0) is 19.9. The van der Waals surface area contributed by atoms with Crippen molar-refractivity contribution in [3.05, 3.63) is 0 Å². The van der Waals surface area contributed by atoms with Crippen LogP contribution >= 0.6 is 0 Å². The van der Waals surface area contributed by atoms with Crippen molar-refractivity contribution in [3.63, 3.8) is 0 Å². The smallest absolute Gasteiger partial charge is 0.416 e. The van der Waals surface area contributed by atoms with E-state index in [1.165, 1.54) is 0 Å². The summed E-state index contributed by atoms with van der Waals surface area (Å²) in [5.74, 6) is 0. The minimum absolute atomic E-state index is 0.274. The van der Waals surface area contributed by atoms with Crippen LogP contribution in [0.1, 0.15) is 67.2 Å². The predicted octanol–water partition coefficient (Wildman–Crippen LogP) is 5.61. The average Bonchev–Trinajstić information content (AvgIpc) is 2.43. The standard InChI is InChI=1S/C16H33F3O4SSi/c1-13(2)25(14(3)4,15(5)6)23-12-10-8-7-9-11-22-24(20,21)16(17,18)19/h13-15H,7-12H2,1-6H3. The van der Waals surface area contributed by atoms with Gasteiger partial charge in [-0.15, -0.1) is 0 Å². The zero-order valence-corrected chi connectivity index (χ0v) is 18.0. The lowest BCUT2D eigenvalue weighted by molar-refractivity contribution is -0.0542. The number of halogens is 3. The van der Waals surface area contributed by atoms with E-state index in [9.17, 15) is 21.6 Å². The lowest BCUT2D eigenvalue weighted by Gasteiger charge is -2.42. The van der Waals surface area contributed by atoms with Crippen LogP contribution in [0.2, 0.25) is 16.6 Å². The Labute approximate surface area is 151 Å². The molecule has 0 aromatic rings. The molecular formula is C16H33F3O4SSi. The van der Waals surface area contributed by atoms with Crippen LogP contribution in [0.3, 0.4) is 0 Å². The number of unbranched alkanes of at least 4 members (excludes halogenated alkanes) is 3. The fourth-order valence-electron chi connectivity index (χ4n) is 3.54. The summed E-state index contributed by atoms with van der Waals surface area (Å²) in [6.07, 6.45) is 2.47. The van der Waals surface area contributed by atoms with Crippen LogP contribution < -0.4 is 0 Å². The van der Waals surface area contributed by atoms with Crippen molar-refractivity contribution in [1.82, 2.24) is 0 Å². The second-order valence-corrected chi connectivity index (χ2v) is 14.4. The van der Waals surface area contributed by atoms with Gasteiger partial charge < -0.3 is 4.43 Å². The summed E-state index contributed by atoms with van der Waals surface area (Å²) in [4.78, 5) is 0. The molecule has 0 saturated heterocycles. The summed E-state index contributed by atoms with van der Waals surface area (Å²) in [6, 6.07) is 0. The van der Waals surface area contributed by atoms with Gasteiger partial charge in [-0.1, -0.05) is 54.4 Å². The van der Waals surface area contributed by atoms with E-state index in [1.54, 1.807) is 0 Å². The monoisotopic (exact) mass is 406 g/mol. The number of alkyl halides is 3. The molecule has 9 heteroatoms. The first-order valence-electron chi connectivity index (χ1n) is 8.88. The molecule has 25 heavy (non-hydrogen) atoms. The summed E-state index contributed by atoms with van der Waals surface area (Å²) in [5.41, 5.74) is -3.82. The third-order valence-electron chi connectivity index (χ3n) is 4.62. The van der Waals surface area contributed by atoms with Crippen molar-refractivity contribution in [2.45, 2.75) is 89.4 Å². The molecule has 0 aromatic heterocycles. The van der Waals surface area contributed by atoms with E-state index in [1.807, 2.05) is 0 Å². The Morgan fingerprint density at radius 3 is 1.56 bits per heavy atom. The molecule has 0 radical (unpaired) electrons. The van der Waals surface area contributed by atoms with E-state index in [0.717, 1.165) is 12.8 Å². The van der Waals surface area contributed by atoms with E-state index in [0.29, 0.717) is 29.7 Å². The van der Waals surface area contributed by atoms with Crippen molar-refractivity contribution in [2.75, 3.05) is 13.2 Å². The molecule has 0 bridgehead atoms. The minimum Gasteiger partial charge on any atom is -0.416 e. The normalized spacial score (nSPS) is 14.1. The predicted molar refractivity (Wildman–Crippen MR) is 96.4 cm³/mol. The number of rotatable bonds is 12. The molecule has 0 spiro atoms. The van der Waals surface area contributed by atoms with Gasteiger partial charge in [-0.25, -0.2) is 0 Å². The molecule has 0 aromatic carbocycles. The molecule has 0 amide bonds. The Morgan fingerprint density at radius 1 is 0.800 bits per heavy atom. The van der Waals surface area contributed by atoms with E-state index in [4.69, 9.17) is 4.43 Å². The van der Waals surface area contributed by atoms with Crippen LogP contribution in [0.5, 0.6) is 0 Å². The van der Waals surface area contributed by atoms with Crippen molar-refractivity contribution >= 4 is 18.4 Å². The number of hydrogen-bond donors (Lipinski definition) is 0. The highest BCUT2D eigenvalue weighted by Gasteiger charge is 2.47. The van der Waals surface area contributed by atoms with Crippen molar-refractivity contribution in [3.8, 4) is 0 Å². The van der Waals surface area contributed by atoms with Crippen LogP contribution in [0.4, 0.5) is 13.2 Å². The Morgan fingerprint density at radius 2 is 1.20 bits per heavy atom. The molecule has 0 atom stereocenters. The van der Waals surface area contributed by atoms with Crippen LogP contribution in [-0.4, -0.2) is 35.5 Å². The largest absolute Gasteiger partial charge is 0.523 e. The molecule has 0 unspecified atom stereocenters. The molecule has 0 heterocycles. The van der Waals surface area contributed by atoms with Gasteiger partial charge in [0, 0.05) is 6.61 Å². The second-order valence-electron chi connectivity index (χ2n) is 7.30. The molecule has 0 rings (SSSR count). The summed E-state index contributed by atoms with van der Waals surface area (Å²) in [5, 5.41) is 0. The van der Waals surface area contributed by atoms with Gasteiger partial charge in [-0.2, -0.15) is 21.6 Å². The maximum atomic E-state index is 12.1. The van der Waals surface area contributed by atoms with Crippen molar-refractivity contribution < 1.29 is 30.2 Å². The maximum Gasteiger partial charge on any atom is 0.523 e. The molecule has 0 aliphatic rings. The Kier molecular flexibility index (Phi) is 10.2. The van der Waals surface area contributed by atoms with Crippen LogP contribution in [-0.2, 0) is 18.7 Å². The summed E-state index contributed by atoms with van der Waals surface area (Å²) in [6.45, 7) is 13.5. The van der Waals surface area contributed by atoms with Crippen LogP contribution in [0.25, 0.3) is 0 Å². The Hall–Kier alpha value is -0.123. The minimum atomic E-state index is -5.46. The van der Waals surface area contributed by atoms with E-state index in [2.05, 4.69) is 45.7 Å². The van der Waals surface area contributed by atoms with Gasteiger partial charge in [-0.3, -0.25) is 4.18 Å². The second kappa shape index (κ2) is 10.3. The number of hydrogen-bond acceptors (Lipinski definition) is 4. The third-order valence-corrected chi connectivity index (χ3v) is 11.8. The molecule has 0 saturated carbocycles. The fourth-order valence-corrected chi connectivity index (χ4v) is 9.51. The van der Waals surface area contributed by atoms with E-state index >= 15 is 0 Å². The third kappa shape index (κ3) is 7.19. The van der Waals surface area contributed by atoms with Crippen LogP contribution in [0, 0.1) is 0 Å². The lowest BCUT2D eigenvalue weighted by atomic mass is 10.2. The summed E-state index contributed by atoms with van der Waals surface area (Å²) in [7, 11) is -7.34. The molecule has 0 N–H and O–H groups in total. The lowest BCUT2D eigenvalue weighted by Crippen LogP contribution is -2.47. The SMILES string of the molecule is CC(C)[Si](OCCCCCCOS(=O)(=O)C(F)(F)F)(C(C)C)C(C)C. The zero-order valence-electron chi connectivity index (χ0n) is 16.1. The van der Waals surface area contributed by atoms with Gasteiger partial charge >= 0.3 is 15.6 Å². The van der Waals surface area contributed by atoms with Gasteiger partial charge in [0.25, 0.3) is 0 Å². The van der Waals surface area contributed by atoms with Gasteiger partial charge in [0.2, 0.25) is 0 Å². The fraction of sp³-hybridized carbons (Fsp3) is 1.00. The Bertz CT molecular complexity index is 454. The molecule has 152 valence electrons. The molecule has 4 nitrogen and oxygen atoms in total. The topological polar surface area (TPSA) is 52.6 Å². The maximum absolute atomic E-state index is 12.1. The van der Waals surface area contributed by atoms with E-state index < -0.39 is 30.6 Å². The average molecular weight is 407 g/mol. The highest BCUT2D eigenvalue weighted by Crippen LogP contribution is 2.42. The highest BCUT2D eigenvalue weighted by molar-refractivity contribution is 7.87. The molecule has 0 aliphatic heterocycles. The van der Waals surface area contributed by atoms with Crippen molar-refractivity contribution in [1.29, 1.82) is 0 Å². The first kappa shape index (κ1) is 24.9. The molecular weight excluding hydrogens is 373 g/mol. The highest BCUT2D eigenvalue weighted by atomic mass is 32.2. The van der Waals surface area contributed by atoms with Gasteiger partial charge in [0.1, 0.15) is 0 Å². The summed E-state index contributed by atoms with van der Waals surface area (Å²) >= 11 is 0. The molecule has 0 aliphatic carbocycles. The van der Waals surface area contributed by atoms with Crippen molar-refractivity contribution in [2.24, 2.45) is 0 Å². The van der Waals surface area contributed by atoms with Gasteiger partial charge in [-0.05, 0) is 29.5 Å². The molecule has 0 fully saturated rings. The van der Waals surface area contributed by atoms with Gasteiger partial charge in [0.15, 0.2) is 8.32 Å². The first-order chi connectivity index (χ1) is 11.3. The quantitative estimate of drug-likeness (QED) is 0.183. The van der Waals surface area contributed by atoms with Gasteiger partial charge in [0.05, 0.1) is 6.61 Å². The van der Waals surface area contributed by atoms with E-state index in [-0.39, 0.29) is 6.42 Å².